The highest BCUT2D eigenvalue weighted by atomic mass is 16.5. The summed E-state index contributed by atoms with van der Waals surface area (Å²) in [7, 11) is 1.67. The third-order valence-electron chi connectivity index (χ3n) is 5.20. The molecule has 1 amide bonds. The lowest BCUT2D eigenvalue weighted by Gasteiger charge is -2.16. The summed E-state index contributed by atoms with van der Waals surface area (Å²) in [5, 5.41) is 13.6. The van der Waals surface area contributed by atoms with E-state index in [0.717, 1.165) is 46.7 Å². The van der Waals surface area contributed by atoms with Gasteiger partial charge < -0.3 is 15.4 Å². The van der Waals surface area contributed by atoms with Gasteiger partial charge in [0.15, 0.2) is 5.69 Å². The first-order chi connectivity index (χ1) is 13.7. The Kier molecular flexibility index (Phi) is 5.12. The van der Waals surface area contributed by atoms with Crippen LogP contribution in [0.4, 0.5) is 0 Å². The second-order valence-electron chi connectivity index (χ2n) is 6.97. The van der Waals surface area contributed by atoms with E-state index in [1.54, 1.807) is 7.11 Å². The number of ether oxygens (including phenoxy) is 1. The number of nitrogens with one attached hydrogen (secondary N) is 3. The van der Waals surface area contributed by atoms with E-state index in [2.05, 4.69) is 33.0 Å². The molecule has 28 heavy (non-hydrogen) atoms. The molecule has 144 valence electrons. The highest BCUT2D eigenvalue weighted by Gasteiger charge is 2.22. The van der Waals surface area contributed by atoms with E-state index in [9.17, 15) is 4.79 Å². The highest BCUT2D eigenvalue weighted by Crippen LogP contribution is 2.30. The number of carbonyl (C=O) groups excluding carboxylic acids is 1. The van der Waals surface area contributed by atoms with Crippen LogP contribution in [0.1, 0.15) is 40.3 Å². The molecule has 0 aliphatic carbocycles. The molecule has 0 radical (unpaired) electrons. The van der Waals surface area contributed by atoms with Gasteiger partial charge in [0.25, 0.3) is 5.91 Å². The number of aromatic amines is 1. The molecule has 0 saturated heterocycles. The van der Waals surface area contributed by atoms with Crippen molar-refractivity contribution < 1.29 is 9.53 Å². The third kappa shape index (κ3) is 3.51. The predicted molar refractivity (Wildman–Crippen MR) is 108 cm³/mol. The van der Waals surface area contributed by atoms with Crippen LogP contribution in [0.25, 0.3) is 11.1 Å². The van der Waals surface area contributed by atoms with Crippen molar-refractivity contribution in [3.05, 3.63) is 71.0 Å². The zero-order valence-electron chi connectivity index (χ0n) is 16.1. The van der Waals surface area contributed by atoms with Crippen molar-refractivity contribution in [2.75, 3.05) is 13.7 Å². The lowest BCUT2D eigenvalue weighted by Crippen LogP contribution is -2.30. The topological polar surface area (TPSA) is 79.0 Å². The Labute approximate surface area is 164 Å². The fourth-order valence-corrected chi connectivity index (χ4v) is 3.60. The minimum Gasteiger partial charge on any atom is -0.496 e. The average Bonchev–Trinajstić information content (AvgIpc) is 3.18. The molecule has 6 nitrogen and oxygen atoms in total. The highest BCUT2D eigenvalue weighted by molar-refractivity contribution is 5.94. The fourth-order valence-electron chi connectivity index (χ4n) is 3.60. The molecule has 1 aromatic heterocycles. The van der Waals surface area contributed by atoms with Gasteiger partial charge >= 0.3 is 0 Å². The minimum absolute atomic E-state index is 0.122. The maximum atomic E-state index is 12.7. The molecule has 4 rings (SSSR count). The van der Waals surface area contributed by atoms with Crippen LogP contribution >= 0.6 is 0 Å². The summed E-state index contributed by atoms with van der Waals surface area (Å²) >= 11 is 0. The van der Waals surface area contributed by atoms with E-state index in [1.165, 1.54) is 0 Å². The van der Waals surface area contributed by atoms with Crippen LogP contribution in [0, 0.1) is 0 Å². The maximum Gasteiger partial charge on any atom is 0.272 e. The fraction of sp³-hybridized carbons (Fsp3) is 0.273. The van der Waals surface area contributed by atoms with Crippen molar-refractivity contribution >= 4 is 5.91 Å². The first-order valence-electron chi connectivity index (χ1n) is 9.48. The molecule has 3 N–H and O–H groups in total. The Bertz CT molecular complexity index is 978. The van der Waals surface area contributed by atoms with Crippen LogP contribution in [0.2, 0.25) is 0 Å². The molecule has 0 bridgehead atoms. The Balaban J connectivity index is 1.49. The molecule has 6 heteroatoms. The summed E-state index contributed by atoms with van der Waals surface area (Å²) in [5.74, 6) is 0.691. The Morgan fingerprint density at radius 1 is 1.18 bits per heavy atom. The molecule has 1 aliphatic rings. The second kappa shape index (κ2) is 7.86. The molecule has 1 unspecified atom stereocenters. The van der Waals surface area contributed by atoms with Crippen molar-refractivity contribution in [1.29, 1.82) is 0 Å². The molecule has 0 fully saturated rings. The molecular weight excluding hydrogens is 352 g/mol. The number of hydrogen-bond donors (Lipinski definition) is 3. The quantitative estimate of drug-likeness (QED) is 0.639. The minimum atomic E-state index is -0.150. The number of rotatable bonds is 5. The van der Waals surface area contributed by atoms with Crippen LogP contribution in [-0.4, -0.2) is 29.8 Å². The third-order valence-corrected chi connectivity index (χ3v) is 5.20. The number of H-pyrrole nitrogens is 1. The van der Waals surface area contributed by atoms with Gasteiger partial charge in [0.1, 0.15) is 5.75 Å². The van der Waals surface area contributed by atoms with Gasteiger partial charge in [0.05, 0.1) is 13.2 Å². The number of hydrogen-bond acceptors (Lipinski definition) is 4. The first kappa shape index (κ1) is 18.3. The van der Waals surface area contributed by atoms with Gasteiger partial charge in [-0.25, -0.2) is 0 Å². The number of carbonyl (C=O) groups is 1. The molecule has 3 aromatic rings. The lowest BCUT2D eigenvalue weighted by molar-refractivity contribution is 0.0933. The van der Waals surface area contributed by atoms with Crippen molar-refractivity contribution in [3.63, 3.8) is 0 Å². The van der Waals surface area contributed by atoms with Gasteiger partial charge in [-0.1, -0.05) is 42.5 Å². The molecule has 2 heterocycles. The number of para-hydroxylation sites is 1. The van der Waals surface area contributed by atoms with Gasteiger partial charge in [-0.3, -0.25) is 9.89 Å². The van der Waals surface area contributed by atoms with Crippen molar-refractivity contribution in [3.8, 4) is 16.9 Å². The standard InChI is InChI=1S/C22H24N4O2/c1-14(24-22(27)21-18-13-23-12-11-19(18)25-26-21)15-7-9-16(10-8-15)17-5-3-4-6-20(17)28-2/h3-10,14,23H,11-13H2,1-2H3,(H,24,27)(H,25,26). The first-order valence-corrected chi connectivity index (χ1v) is 9.48. The summed E-state index contributed by atoms with van der Waals surface area (Å²) in [4.78, 5) is 12.7. The zero-order chi connectivity index (χ0) is 19.5. The van der Waals surface area contributed by atoms with Crippen molar-refractivity contribution in [2.24, 2.45) is 0 Å². The van der Waals surface area contributed by atoms with Gasteiger partial charge in [-0.15, -0.1) is 0 Å². The molecule has 1 atom stereocenters. The molecular formula is C22H24N4O2. The number of nitrogens with zero attached hydrogens (tertiary/aromatic N) is 1. The lowest BCUT2D eigenvalue weighted by atomic mass is 10.0. The van der Waals surface area contributed by atoms with E-state index >= 15 is 0 Å². The van der Waals surface area contributed by atoms with Crippen LogP contribution in [0.3, 0.4) is 0 Å². The smallest absolute Gasteiger partial charge is 0.272 e. The SMILES string of the molecule is COc1ccccc1-c1ccc(C(C)NC(=O)c2n[nH]c3c2CNCC3)cc1. The van der Waals surface area contributed by atoms with Crippen molar-refractivity contribution in [1.82, 2.24) is 20.8 Å². The summed E-state index contributed by atoms with van der Waals surface area (Å²) in [5.41, 5.74) is 5.67. The normalized spacial score (nSPS) is 14.2. The monoisotopic (exact) mass is 376 g/mol. The molecule has 0 spiro atoms. The predicted octanol–water partition coefficient (Wildman–Crippen LogP) is 3.22. The van der Waals surface area contributed by atoms with E-state index in [0.29, 0.717) is 12.2 Å². The Morgan fingerprint density at radius 2 is 1.96 bits per heavy atom. The summed E-state index contributed by atoms with van der Waals surface area (Å²) in [6.07, 6.45) is 0.871. The van der Waals surface area contributed by atoms with Crippen LogP contribution in [-0.2, 0) is 13.0 Å². The average molecular weight is 376 g/mol. The number of amides is 1. The number of methoxy groups -OCH3 is 1. The van der Waals surface area contributed by atoms with Crippen molar-refractivity contribution in [2.45, 2.75) is 25.9 Å². The largest absolute Gasteiger partial charge is 0.496 e. The summed E-state index contributed by atoms with van der Waals surface area (Å²) in [6, 6.07) is 16.0. The second-order valence-corrected chi connectivity index (χ2v) is 6.97. The zero-order valence-corrected chi connectivity index (χ0v) is 16.1. The van der Waals surface area contributed by atoms with Crippen LogP contribution in [0.15, 0.2) is 48.5 Å². The van der Waals surface area contributed by atoms with E-state index < -0.39 is 0 Å². The van der Waals surface area contributed by atoms with Gasteiger partial charge in [0, 0.05) is 36.3 Å². The Morgan fingerprint density at radius 3 is 2.75 bits per heavy atom. The molecule has 0 saturated carbocycles. The molecule has 2 aromatic carbocycles. The Hall–Kier alpha value is -3.12. The number of fused-ring (bicyclic) bond motifs is 1. The summed E-state index contributed by atoms with van der Waals surface area (Å²) in [6.45, 7) is 3.56. The number of aromatic nitrogens is 2. The summed E-state index contributed by atoms with van der Waals surface area (Å²) < 4.78 is 5.44. The van der Waals surface area contributed by atoms with Crippen LogP contribution in [0.5, 0.6) is 5.75 Å². The van der Waals surface area contributed by atoms with Gasteiger partial charge in [-0.2, -0.15) is 5.10 Å². The number of benzene rings is 2. The van der Waals surface area contributed by atoms with Crippen LogP contribution < -0.4 is 15.4 Å². The van der Waals surface area contributed by atoms with Gasteiger partial charge in [0.2, 0.25) is 0 Å². The van der Waals surface area contributed by atoms with E-state index in [-0.39, 0.29) is 11.9 Å². The van der Waals surface area contributed by atoms with Gasteiger partial charge in [-0.05, 0) is 24.1 Å². The molecule has 1 aliphatic heterocycles. The van der Waals surface area contributed by atoms with E-state index in [4.69, 9.17) is 4.74 Å². The van der Waals surface area contributed by atoms with E-state index in [1.807, 2.05) is 43.3 Å². The maximum absolute atomic E-state index is 12.7.